The van der Waals surface area contributed by atoms with Crippen molar-refractivity contribution < 1.29 is 4.79 Å². The first-order chi connectivity index (χ1) is 8.20. The molecule has 0 aliphatic rings. The molecule has 2 rings (SSSR count). The Balaban J connectivity index is 2.32. The molecule has 0 saturated carbocycles. The Morgan fingerprint density at radius 3 is 2.18 bits per heavy atom. The van der Waals surface area contributed by atoms with Gasteiger partial charge in [-0.05, 0) is 24.3 Å². The van der Waals surface area contributed by atoms with E-state index in [1.54, 1.807) is 24.5 Å². The van der Waals surface area contributed by atoms with Crippen molar-refractivity contribution >= 4 is 5.78 Å². The van der Waals surface area contributed by atoms with Gasteiger partial charge in [0.1, 0.15) is 0 Å². The zero-order valence-electron chi connectivity index (χ0n) is 9.59. The summed E-state index contributed by atoms with van der Waals surface area (Å²) in [5.41, 5.74) is 1.63. The molecule has 1 aromatic carbocycles. The lowest BCUT2D eigenvalue weighted by Crippen LogP contribution is -2.02. The first-order valence-corrected chi connectivity index (χ1v) is 5.52. The maximum atomic E-state index is 11.5. The number of benzene rings is 1. The Hall–Kier alpha value is -2.16. The van der Waals surface area contributed by atoms with Gasteiger partial charge in [-0.1, -0.05) is 6.92 Å². The maximum Gasteiger partial charge on any atom is 0.181 e. The second-order valence-electron chi connectivity index (χ2n) is 3.76. The predicted octanol–water partition coefficient (Wildman–Crippen LogP) is 2.43. The van der Waals surface area contributed by atoms with Crippen LogP contribution < -0.4 is 5.43 Å². The van der Waals surface area contributed by atoms with Crippen LogP contribution in [-0.2, 0) is 0 Å². The van der Waals surface area contributed by atoms with E-state index < -0.39 is 0 Å². The number of carbonyl (C=O) groups excluding carboxylic acids is 1. The highest BCUT2D eigenvalue weighted by Gasteiger charge is 2.02. The molecule has 0 saturated heterocycles. The van der Waals surface area contributed by atoms with E-state index in [9.17, 15) is 9.59 Å². The largest absolute Gasteiger partial charge is 0.324 e. The van der Waals surface area contributed by atoms with Gasteiger partial charge in [0.15, 0.2) is 11.2 Å². The molecule has 1 aromatic heterocycles. The summed E-state index contributed by atoms with van der Waals surface area (Å²) in [6.07, 6.45) is 3.93. The number of carbonyl (C=O) groups is 1. The number of aromatic nitrogens is 1. The van der Waals surface area contributed by atoms with E-state index in [1.165, 1.54) is 12.1 Å². The average Bonchev–Trinajstić information content (AvgIpc) is 2.39. The number of nitrogens with zero attached hydrogens (tertiary/aromatic N) is 1. The van der Waals surface area contributed by atoms with E-state index in [0.717, 1.165) is 11.3 Å². The van der Waals surface area contributed by atoms with E-state index in [-0.39, 0.29) is 11.2 Å². The Morgan fingerprint density at radius 2 is 1.65 bits per heavy atom. The van der Waals surface area contributed by atoms with E-state index in [4.69, 9.17) is 0 Å². The summed E-state index contributed by atoms with van der Waals surface area (Å²) in [5.74, 6) is 0.136. The van der Waals surface area contributed by atoms with Gasteiger partial charge >= 0.3 is 0 Å². The van der Waals surface area contributed by atoms with Gasteiger partial charge in [0, 0.05) is 42.2 Å². The third-order valence-corrected chi connectivity index (χ3v) is 2.61. The van der Waals surface area contributed by atoms with Crippen molar-refractivity contribution in [2.75, 3.05) is 0 Å². The van der Waals surface area contributed by atoms with Crippen molar-refractivity contribution in [3.05, 3.63) is 64.6 Å². The number of pyridine rings is 1. The van der Waals surface area contributed by atoms with Crippen LogP contribution in [0, 0.1) is 0 Å². The van der Waals surface area contributed by atoms with Gasteiger partial charge in [-0.15, -0.1) is 0 Å². The van der Waals surface area contributed by atoms with Gasteiger partial charge in [-0.3, -0.25) is 9.59 Å². The van der Waals surface area contributed by atoms with Crippen molar-refractivity contribution in [2.24, 2.45) is 0 Å². The molecule has 0 amide bonds. The molecule has 2 aromatic rings. The average molecular weight is 227 g/mol. The third kappa shape index (κ3) is 2.50. The maximum absolute atomic E-state index is 11.5. The first-order valence-electron chi connectivity index (χ1n) is 5.52. The summed E-state index contributed by atoms with van der Waals surface area (Å²) >= 11 is 0. The SMILES string of the molecule is CCC(=O)c1ccc(-n2ccc(=O)cc2)cc1. The van der Waals surface area contributed by atoms with Crippen molar-refractivity contribution in [3.63, 3.8) is 0 Å². The van der Waals surface area contributed by atoms with E-state index in [1.807, 2.05) is 23.6 Å². The molecule has 3 heteroatoms. The first kappa shape index (κ1) is 11.3. The van der Waals surface area contributed by atoms with Gasteiger partial charge in [-0.25, -0.2) is 0 Å². The van der Waals surface area contributed by atoms with Crippen LogP contribution in [0.1, 0.15) is 23.7 Å². The number of hydrogen-bond donors (Lipinski definition) is 0. The van der Waals surface area contributed by atoms with Crippen LogP contribution in [0.25, 0.3) is 5.69 Å². The van der Waals surface area contributed by atoms with Crippen LogP contribution in [0.3, 0.4) is 0 Å². The fraction of sp³-hybridized carbons (Fsp3) is 0.143. The molecule has 0 bridgehead atoms. The van der Waals surface area contributed by atoms with E-state index >= 15 is 0 Å². The quantitative estimate of drug-likeness (QED) is 0.755. The normalized spacial score (nSPS) is 10.2. The van der Waals surface area contributed by atoms with Crippen LogP contribution in [0.15, 0.2) is 53.6 Å². The van der Waals surface area contributed by atoms with Crippen LogP contribution in [0.5, 0.6) is 0 Å². The van der Waals surface area contributed by atoms with Crippen LogP contribution in [0.2, 0.25) is 0 Å². The fourth-order valence-electron chi connectivity index (χ4n) is 1.61. The minimum atomic E-state index is -0.0148. The standard InChI is InChI=1S/C14H13NO2/c1-2-14(17)11-3-5-12(6-4-11)15-9-7-13(16)8-10-15/h3-10H,2H2,1H3. The minimum Gasteiger partial charge on any atom is -0.324 e. The molecular weight excluding hydrogens is 214 g/mol. The van der Waals surface area contributed by atoms with Crippen LogP contribution in [-0.4, -0.2) is 10.4 Å². The monoisotopic (exact) mass is 227 g/mol. The second kappa shape index (κ2) is 4.78. The smallest absolute Gasteiger partial charge is 0.181 e. The molecule has 0 aliphatic heterocycles. The van der Waals surface area contributed by atoms with Gasteiger partial charge in [-0.2, -0.15) is 0 Å². The number of ketones is 1. The van der Waals surface area contributed by atoms with Gasteiger partial charge in [0.2, 0.25) is 0 Å². The van der Waals surface area contributed by atoms with Crippen molar-refractivity contribution in [2.45, 2.75) is 13.3 Å². The van der Waals surface area contributed by atoms with Crippen LogP contribution >= 0.6 is 0 Å². The molecule has 86 valence electrons. The van der Waals surface area contributed by atoms with Crippen molar-refractivity contribution in [1.82, 2.24) is 4.57 Å². The molecule has 0 fully saturated rings. The summed E-state index contributed by atoms with van der Waals surface area (Å²) in [7, 11) is 0. The summed E-state index contributed by atoms with van der Waals surface area (Å²) in [6.45, 7) is 1.85. The van der Waals surface area contributed by atoms with Crippen molar-refractivity contribution in [3.8, 4) is 5.69 Å². The summed E-state index contributed by atoms with van der Waals surface area (Å²) in [4.78, 5) is 22.4. The Kier molecular flexibility index (Phi) is 3.19. The third-order valence-electron chi connectivity index (χ3n) is 2.61. The Morgan fingerprint density at radius 1 is 1.06 bits per heavy atom. The Bertz CT molecular complexity index is 561. The molecule has 3 nitrogen and oxygen atoms in total. The summed E-state index contributed by atoms with van der Waals surface area (Å²) < 4.78 is 1.83. The Labute approximate surface area is 99.3 Å². The molecule has 17 heavy (non-hydrogen) atoms. The number of Topliss-reactive ketones (excluding diaryl/α,β-unsaturated/α-hetero) is 1. The number of hydrogen-bond acceptors (Lipinski definition) is 2. The lowest BCUT2D eigenvalue weighted by molar-refractivity contribution is 0.0988. The minimum absolute atomic E-state index is 0.0148. The van der Waals surface area contributed by atoms with Crippen LogP contribution in [0.4, 0.5) is 0 Å². The highest BCUT2D eigenvalue weighted by molar-refractivity contribution is 5.95. The van der Waals surface area contributed by atoms with Gasteiger partial charge in [0.25, 0.3) is 0 Å². The molecule has 0 radical (unpaired) electrons. The molecule has 1 heterocycles. The predicted molar refractivity (Wildman–Crippen MR) is 66.7 cm³/mol. The molecule has 0 N–H and O–H groups in total. The molecule has 0 aliphatic carbocycles. The van der Waals surface area contributed by atoms with Gasteiger partial charge in [0.05, 0.1) is 0 Å². The van der Waals surface area contributed by atoms with Gasteiger partial charge < -0.3 is 4.57 Å². The lowest BCUT2D eigenvalue weighted by atomic mass is 10.1. The second-order valence-corrected chi connectivity index (χ2v) is 3.76. The topological polar surface area (TPSA) is 39.1 Å². The summed E-state index contributed by atoms with van der Waals surface area (Å²) in [6, 6.07) is 10.4. The zero-order valence-corrected chi connectivity index (χ0v) is 9.59. The molecule has 0 unspecified atom stereocenters. The number of rotatable bonds is 3. The lowest BCUT2D eigenvalue weighted by Gasteiger charge is -2.06. The molecule has 0 atom stereocenters. The molecule has 0 spiro atoms. The zero-order chi connectivity index (χ0) is 12.3. The van der Waals surface area contributed by atoms with E-state index in [2.05, 4.69) is 0 Å². The molecular formula is C14H13NO2. The highest BCUT2D eigenvalue weighted by atomic mass is 16.1. The fourth-order valence-corrected chi connectivity index (χ4v) is 1.61. The summed E-state index contributed by atoms with van der Waals surface area (Å²) in [5, 5.41) is 0. The van der Waals surface area contributed by atoms with Crippen molar-refractivity contribution in [1.29, 1.82) is 0 Å². The van der Waals surface area contributed by atoms with E-state index in [0.29, 0.717) is 6.42 Å². The highest BCUT2D eigenvalue weighted by Crippen LogP contribution is 2.10.